The van der Waals surface area contributed by atoms with Gasteiger partial charge < -0.3 is 10.1 Å². The number of hydrogen-bond donors (Lipinski definition) is 1. The summed E-state index contributed by atoms with van der Waals surface area (Å²) in [5, 5.41) is 26.7. The average Bonchev–Trinajstić information content (AvgIpc) is 3.49. The van der Waals surface area contributed by atoms with E-state index >= 15 is 0 Å². The molecule has 0 aliphatic heterocycles. The number of nitrogens with one attached hydrogen (secondary N) is 1. The highest BCUT2D eigenvalue weighted by Gasteiger charge is 2.17. The Morgan fingerprint density at radius 3 is 2.47 bits per heavy atom. The number of nitro benzene ring substituents is 1. The summed E-state index contributed by atoms with van der Waals surface area (Å²) in [6.07, 6.45) is 0.162. The van der Waals surface area contributed by atoms with Crippen molar-refractivity contribution in [2.24, 2.45) is 0 Å². The third kappa shape index (κ3) is 7.06. The summed E-state index contributed by atoms with van der Waals surface area (Å²) in [5.74, 6) is 0.876. The van der Waals surface area contributed by atoms with E-state index in [2.05, 4.69) is 16.4 Å². The molecule has 0 atom stereocenters. The van der Waals surface area contributed by atoms with Crippen LogP contribution in [0, 0.1) is 28.4 Å². The van der Waals surface area contributed by atoms with Crippen LogP contribution in [-0.4, -0.2) is 33.7 Å². The molecule has 43 heavy (non-hydrogen) atoms. The van der Waals surface area contributed by atoms with Crippen molar-refractivity contribution in [1.29, 1.82) is 5.26 Å². The molecule has 0 aliphatic carbocycles. The molecule has 0 saturated heterocycles. The minimum absolute atomic E-state index is 0.0277. The molecule has 9 nitrogen and oxygen atoms in total. The first-order valence-electron chi connectivity index (χ1n) is 13.1. The summed E-state index contributed by atoms with van der Waals surface area (Å²) in [6.45, 7) is 2.01. The van der Waals surface area contributed by atoms with Crippen LogP contribution in [0.4, 0.5) is 10.8 Å². The minimum atomic E-state index is -0.459. The van der Waals surface area contributed by atoms with Gasteiger partial charge in [-0.25, -0.2) is 9.97 Å². The predicted molar refractivity (Wildman–Crippen MR) is 169 cm³/mol. The number of hydrogen-bond acceptors (Lipinski definition) is 9. The molecule has 2 heterocycles. The number of carbonyl (C=O) groups excluding carboxylic acids is 1. The highest BCUT2D eigenvalue weighted by molar-refractivity contribution is 7.99. The SMILES string of the molecule is COc1ccc(-c2cc(-c3ccc(C)cc3)c(C#N)c(SCCC(=O)Nc3nc(-c4cccc([N+](=O)[O-])c4)cs3)n2)cc1. The number of aryl methyl sites for hydroxylation is 1. The maximum atomic E-state index is 12.8. The molecule has 0 aliphatic rings. The van der Waals surface area contributed by atoms with E-state index in [-0.39, 0.29) is 18.0 Å². The highest BCUT2D eigenvalue weighted by atomic mass is 32.2. The van der Waals surface area contributed by atoms with Gasteiger partial charge in [-0.1, -0.05) is 42.0 Å². The Morgan fingerprint density at radius 2 is 1.77 bits per heavy atom. The van der Waals surface area contributed by atoms with E-state index in [9.17, 15) is 20.2 Å². The zero-order valence-electron chi connectivity index (χ0n) is 23.2. The van der Waals surface area contributed by atoms with Gasteiger partial charge in [0.05, 0.1) is 29.0 Å². The van der Waals surface area contributed by atoms with Gasteiger partial charge in [-0.2, -0.15) is 5.26 Å². The van der Waals surface area contributed by atoms with Crippen LogP contribution >= 0.6 is 23.1 Å². The van der Waals surface area contributed by atoms with Gasteiger partial charge in [0.1, 0.15) is 16.8 Å². The van der Waals surface area contributed by atoms with Crippen LogP contribution in [0.15, 0.2) is 89.3 Å². The molecule has 0 fully saturated rings. The number of thiazole rings is 1. The number of thioether (sulfide) groups is 1. The zero-order chi connectivity index (χ0) is 30.3. The van der Waals surface area contributed by atoms with Crippen LogP contribution in [0.5, 0.6) is 5.75 Å². The molecule has 214 valence electrons. The molecule has 0 spiro atoms. The van der Waals surface area contributed by atoms with E-state index < -0.39 is 4.92 Å². The number of methoxy groups -OCH3 is 1. The first-order valence-corrected chi connectivity index (χ1v) is 15.0. The van der Waals surface area contributed by atoms with Gasteiger partial charge >= 0.3 is 0 Å². The van der Waals surface area contributed by atoms with Crippen LogP contribution in [0.1, 0.15) is 17.5 Å². The van der Waals surface area contributed by atoms with Gasteiger partial charge in [0.25, 0.3) is 5.69 Å². The molecule has 3 aromatic carbocycles. The Balaban J connectivity index is 1.33. The molecule has 0 saturated carbocycles. The fourth-order valence-corrected chi connectivity index (χ4v) is 5.95. The monoisotopic (exact) mass is 607 g/mol. The molecule has 0 bridgehead atoms. The Kier molecular flexibility index (Phi) is 9.10. The van der Waals surface area contributed by atoms with Crippen molar-refractivity contribution in [3.05, 3.63) is 105 Å². The summed E-state index contributed by atoms with van der Waals surface area (Å²) < 4.78 is 5.29. The fourth-order valence-electron chi connectivity index (χ4n) is 4.27. The van der Waals surface area contributed by atoms with Crippen molar-refractivity contribution in [2.75, 3.05) is 18.2 Å². The molecule has 0 unspecified atom stereocenters. The second-order valence-electron chi connectivity index (χ2n) is 9.43. The number of rotatable bonds is 10. The summed E-state index contributed by atoms with van der Waals surface area (Å²) in [7, 11) is 1.61. The number of carbonyl (C=O) groups is 1. The van der Waals surface area contributed by atoms with Gasteiger partial charge in [-0.15, -0.1) is 23.1 Å². The van der Waals surface area contributed by atoms with Crippen molar-refractivity contribution in [2.45, 2.75) is 18.4 Å². The lowest BCUT2D eigenvalue weighted by atomic mass is 9.98. The van der Waals surface area contributed by atoms with Crippen molar-refractivity contribution in [3.8, 4) is 45.5 Å². The minimum Gasteiger partial charge on any atom is -0.497 e. The van der Waals surface area contributed by atoms with E-state index in [1.54, 1.807) is 24.6 Å². The van der Waals surface area contributed by atoms with E-state index in [1.165, 1.54) is 35.2 Å². The number of aromatic nitrogens is 2. The van der Waals surface area contributed by atoms with Gasteiger partial charge in [0.15, 0.2) is 5.13 Å². The number of nitro groups is 1. The number of non-ortho nitro benzene ring substituents is 1. The number of pyridine rings is 1. The second kappa shape index (κ2) is 13.3. The summed E-state index contributed by atoms with van der Waals surface area (Å²) in [5.41, 5.74) is 5.94. The number of benzene rings is 3. The number of nitriles is 1. The molecule has 2 aromatic heterocycles. The third-order valence-electron chi connectivity index (χ3n) is 6.52. The van der Waals surface area contributed by atoms with Gasteiger partial charge in [0.2, 0.25) is 5.91 Å². The standard InChI is InChI=1S/C32H25N5O4S2/c1-20-6-8-21(9-7-20)26-17-28(22-10-12-25(41-2)13-11-22)34-31(27(26)18-33)42-15-14-30(38)36-32-35-29(19-43-32)23-4-3-5-24(16-23)37(39)40/h3-13,16-17,19H,14-15H2,1-2H3,(H,35,36,38). The van der Waals surface area contributed by atoms with Gasteiger partial charge in [0, 0.05) is 46.4 Å². The lowest BCUT2D eigenvalue weighted by Crippen LogP contribution is -2.12. The topological polar surface area (TPSA) is 131 Å². The lowest BCUT2D eigenvalue weighted by molar-refractivity contribution is -0.384. The molecule has 0 radical (unpaired) electrons. The van der Waals surface area contributed by atoms with Gasteiger partial charge in [-0.05, 0) is 42.8 Å². The molecule has 1 N–H and O–H groups in total. The maximum absolute atomic E-state index is 12.8. The van der Waals surface area contributed by atoms with Crippen molar-refractivity contribution >= 4 is 39.8 Å². The first-order chi connectivity index (χ1) is 20.8. The van der Waals surface area contributed by atoms with Crippen molar-refractivity contribution in [1.82, 2.24) is 9.97 Å². The van der Waals surface area contributed by atoms with E-state index in [1.807, 2.05) is 61.5 Å². The van der Waals surface area contributed by atoms with E-state index in [0.29, 0.717) is 38.4 Å². The molecule has 5 aromatic rings. The molecule has 11 heteroatoms. The van der Waals surface area contributed by atoms with Crippen LogP contribution in [0.25, 0.3) is 33.6 Å². The van der Waals surface area contributed by atoms with E-state index in [4.69, 9.17) is 9.72 Å². The number of nitrogens with zero attached hydrogens (tertiary/aromatic N) is 4. The Bertz CT molecular complexity index is 1830. The van der Waals surface area contributed by atoms with E-state index in [0.717, 1.165) is 28.0 Å². The van der Waals surface area contributed by atoms with Crippen LogP contribution in [-0.2, 0) is 4.79 Å². The number of ether oxygens (including phenoxy) is 1. The molecule has 5 rings (SSSR count). The Hall–Kier alpha value is -5.05. The molecule has 1 amide bonds. The zero-order valence-corrected chi connectivity index (χ0v) is 24.9. The number of anilines is 1. The molecular weight excluding hydrogens is 583 g/mol. The number of amides is 1. The fraction of sp³-hybridized carbons (Fsp3) is 0.125. The van der Waals surface area contributed by atoms with Crippen LogP contribution in [0.3, 0.4) is 0 Å². The highest BCUT2D eigenvalue weighted by Crippen LogP contribution is 2.35. The van der Waals surface area contributed by atoms with Gasteiger partial charge in [-0.3, -0.25) is 14.9 Å². The largest absolute Gasteiger partial charge is 0.497 e. The van der Waals surface area contributed by atoms with Crippen LogP contribution in [0.2, 0.25) is 0 Å². The quantitative estimate of drug-likeness (QED) is 0.0968. The Morgan fingerprint density at radius 1 is 1.02 bits per heavy atom. The summed E-state index contributed by atoms with van der Waals surface area (Å²) in [6, 6.07) is 26.0. The average molecular weight is 608 g/mol. The smallest absolute Gasteiger partial charge is 0.270 e. The van der Waals surface area contributed by atoms with Crippen molar-refractivity contribution in [3.63, 3.8) is 0 Å². The summed E-state index contributed by atoms with van der Waals surface area (Å²) >= 11 is 2.59. The first kappa shape index (κ1) is 29.4. The summed E-state index contributed by atoms with van der Waals surface area (Å²) in [4.78, 5) is 32.6. The third-order valence-corrected chi connectivity index (χ3v) is 8.25. The molecular formula is C32H25N5O4S2. The van der Waals surface area contributed by atoms with Crippen molar-refractivity contribution < 1.29 is 14.5 Å². The second-order valence-corrected chi connectivity index (χ2v) is 11.4. The lowest BCUT2D eigenvalue weighted by Gasteiger charge is -2.13. The predicted octanol–water partition coefficient (Wildman–Crippen LogP) is 7.76. The Labute approximate surface area is 256 Å². The normalized spacial score (nSPS) is 10.6. The van der Waals surface area contributed by atoms with Crippen LogP contribution < -0.4 is 10.1 Å². The maximum Gasteiger partial charge on any atom is 0.270 e.